The molecular weight excluding hydrogens is 521 g/mol. The smallest absolute Gasteiger partial charge is 0.365 e. The predicted octanol–water partition coefficient (Wildman–Crippen LogP) is 7.89. The third-order valence-corrected chi connectivity index (χ3v) is 10.7. The largest absolute Gasteiger partial charge is 0.461 e. The number of hydrazone groups is 1. The highest BCUT2D eigenvalue weighted by atomic mass is 32.2. The van der Waals surface area contributed by atoms with Gasteiger partial charge in [-0.25, -0.2) is 9.80 Å². The van der Waals surface area contributed by atoms with E-state index in [9.17, 15) is 4.79 Å². The van der Waals surface area contributed by atoms with Gasteiger partial charge in [0.2, 0.25) is 5.04 Å². The minimum absolute atomic E-state index is 0.302. The number of thioether (sulfide) groups is 2. The van der Waals surface area contributed by atoms with Crippen molar-refractivity contribution in [1.82, 2.24) is 0 Å². The zero-order chi connectivity index (χ0) is 27.2. The van der Waals surface area contributed by atoms with Gasteiger partial charge in [-0.3, -0.25) is 0 Å². The normalized spacial score (nSPS) is 19.2. The number of anilines is 1. The average Bonchev–Trinajstić information content (AvgIpc) is 3.47. The van der Waals surface area contributed by atoms with Gasteiger partial charge in [-0.15, -0.1) is 0 Å². The maximum atomic E-state index is 13.1. The van der Waals surface area contributed by atoms with E-state index in [1.165, 1.54) is 45.1 Å². The second-order valence-electron chi connectivity index (χ2n) is 9.92. The second kappa shape index (κ2) is 9.92. The van der Waals surface area contributed by atoms with Crippen molar-refractivity contribution in [2.75, 3.05) is 11.6 Å². The predicted molar refractivity (Wildman–Crippen MR) is 163 cm³/mol. The van der Waals surface area contributed by atoms with E-state index >= 15 is 0 Å². The van der Waals surface area contributed by atoms with Crippen LogP contribution in [0.5, 0.6) is 0 Å². The van der Waals surface area contributed by atoms with Crippen molar-refractivity contribution >= 4 is 40.2 Å². The molecule has 0 amide bonds. The lowest BCUT2D eigenvalue weighted by molar-refractivity contribution is -0.134. The molecule has 6 heteroatoms. The van der Waals surface area contributed by atoms with E-state index in [0.29, 0.717) is 11.7 Å². The zero-order valence-electron chi connectivity index (χ0n) is 22.5. The summed E-state index contributed by atoms with van der Waals surface area (Å²) in [5.74, 6) is -0.390. The van der Waals surface area contributed by atoms with Crippen LogP contribution in [0.1, 0.15) is 45.9 Å². The van der Waals surface area contributed by atoms with Crippen molar-refractivity contribution < 1.29 is 9.53 Å². The Balaban J connectivity index is 1.66. The van der Waals surface area contributed by atoms with Crippen LogP contribution in [0.15, 0.2) is 102 Å². The van der Waals surface area contributed by atoms with Gasteiger partial charge < -0.3 is 4.74 Å². The van der Waals surface area contributed by atoms with Gasteiger partial charge in [-0.05, 0) is 67.6 Å². The molecule has 0 radical (unpaired) electrons. The van der Waals surface area contributed by atoms with Gasteiger partial charge in [0.05, 0.1) is 17.0 Å². The summed E-state index contributed by atoms with van der Waals surface area (Å²) in [7, 11) is 0. The SMILES string of the molecule is CCOC(=O)C1=NN(c2ccc(C)cc2)[C@]2(S1)SC(c1ccccc1C)(c1ccccc1C)c1ccccc12. The molecule has 0 fully saturated rings. The van der Waals surface area contributed by atoms with Crippen LogP contribution in [0.2, 0.25) is 0 Å². The van der Waals surface area contributed by atoms with Crippen LogP contribution in [-0.4, -0.2) is 17.6 Å². The Labute approximate surface area is 238 Å². The fraction of sp³-hybridized carbons (Fsp3) is 0.212. The molecule has 39 heavy (non-hydrogen) atoms. The molecule has 4 aromatic rings. The Bertz CT molecular complexity index is 1550. The minimum atomic E-state index is -0.724. The van der Waals surface area contributed by atoms with Crippen LogP contribution in [0.3, 0.4) is 0 Å². The summed E-state index contributed by atoms with van der Waals surface area (Å²) in [6.45, 7) is 8.57. The summed E-state index contributed by atoms with van der Waals surface area (Å²) in [6, 6.07) is 34.3. The van der Waals surface area contributed by atoms with E-state index in [2.05, 4.69) is 118 Å². The van der Waals surface area contributed by atoms with E-state index in [-0.39, 0.29) is 5.97 Å². The molecule has 2 aliphatic rings. The number of fused-ring (bicyclic) bond motifs is 2. The Morgan fingerprint density at radius 2 is 1.31 bits per heavy atom. The topological polar surface area (TPSA) is 41.9 Å². The maximum absolute atomic E-state index is 13.1. The number of rotatable bonds is 5. The van der Waals surface area contributed by atoms with Gasteiger partial charge in [0, 0.05) is 5.56 Å². The van der Waals surface area contributed by atoms with Crippen LogP contribution in [0.25, 0.3) is 0 Å². The second-order valence-corrected chi connectivity index (χ2v) is 12.8. The third kappa shape index (κ3) is 4.00. The highest BCUT2D eigenvalue weighted by Crippen LogP contribution is 2.71. The lowest BCUT2D eigenvalue weighted by Gasteiger charge is -2.38. The van der Waals surface area contributed by atoms with Gasteiger partial charge in [0.25, 0.3) is 0 Å². The highest BCUT2D eigenvalue weighted by Gasteiger charge is 2.62. The first-order valence-corrected chi connectivity index (χ1v) is 14.8. The van der Waals surface area contributed by atoms with E-state index in [1.54, 1.807) is 0 Å². The first kappa shape index (κ1) is 25.8. The summed E-state index contributed by atoms with van der Waals surface area (Å²) in [5.41, 5.74) is 9.36. The fourth-order valence-corrected chi connectivity index (χ4v) is 9.37. The average molecular weight is 551 g/mol. The number of nitrogens with zero attached hydrogens (tertiary/aromatic N) is 2. The van der Waals surface area contributed by atoms with Crippen molar-refractivity contribution in [1.29, 1.82) is 0 Å². The quantitative estimate of drug-likeness (QED) is 0.236. The molecule has 6 rings (SSSR count). The molecule has 0 saturated carbocycles. The van der Waals surface area contributed by atoms with Gasteiger partial charge in [-0.2, -0.15) is 5.10 Å². The Kier molecular flexibility index (Phi) is 6.56. The molecule has 2 heterocycles. The van der Waals surface area contributed by atoms with Crippen LogP contribution in [0.4, 0.5) is 5.69 Å². The van der Waals surface area contributed by atoms with Gasteiger partial charge in [0.1, 0.15) is 0 Å². The zero-order valence-corrected chi connectivity index (χ0v) is 24.1. The van der Waals surface area contributed by atoms with Crippen LogP contribution >= 0.6 is 23.5 Å². The molecule has 0 unspecified atom stereocenters. The summed E-state index contributed by atoms with van der Waals surface area (Å²) < 4.78 is 4.20. The molecule has 0 saturated heterocycles. The van der Waals surface area contributed by atoms with Crippen LogP contribution < -0.4 is 5.01 Å². The number of benzene rings is 4. The Hall–Kier alpha value is -3.48. The van der Waals surface area contributed by atoms with Gasteiger partial charge >= 0.3 is 5.97 Å². The molecule has 4 nitrogen and oxygen atoms in total. The number of hydrogen-bond donors (Lipinski definition) is 0. The van der Waals surface area contributed by atoms with Crippen molar-refractivity contribution in [3.8, 4) is 0 Å². The fourth-order valence-electron chi connectivity index (χ4n) is 5.64. The Morgan fingerprint density at radius 1 is 0.769 bits per heavy atom. The molecule has 1 atom stereocenters. The van der Waals surface area contributed by atoms with Gasteiger partial charge in [0.15, 0.2) is 4.20 Å². The molecule has 0 bridgehead atoms. The molecule has 0 aromatic heterocycles. The summed E-state index contributed by atoms with van der Waals surface area (Å²) in [5, 5.41) is 7.35. The molecule has 4 aromatic carbocycles. The molecular formula is C33H30N2O2S2. The highest BCUT2D eigenvalue weighted by molar-refractivity contribution is 8.27. The molecule has 196 valence electrons. The first-order valence-electron chi connectivity index (χ1n) is 13.1. The van der Waals surface area contributed by atoms with Crippen molar-refractivity contribution in [3.63, 3.8) is 0 Å². The number of carbonyl (C=O) groups is 1. The molecule has 0 aliphatic carbocycles. The number of hydrogen-bond acceptors (Lipinski definition) is 6. The molecule has 0 N–H and O–H groups in total. The lowest BCUT2D eigenvalue weighted by atomic mass is 9.79. The standard InChI is InChI=1S/C33H30N2O2S2/c1-5-37-31(36)30-34-35(25-20-18-22(2)19-21-25)33(38-30)29-17-11-10-16-28(29)32(39-33,26-14-8-6-12-23(26)3)27-15-9-7-13-24(27)4/h6-21H,5H2,1-4H3/t33-/m1/s1. The van der Waals surface area contributed by atoms with E-state index in [4.69, 9.17) is 9.84 Å². The van der Waals surface area contributed by atoms with Crippen molar-refractivity contribution in [2.45, 2.75) is 36.6 Å². The van der Waals surface area contributed by atoms with Crippen molar-refractivity contribution in [3.05, 3.63) is 136 Å². The van der Waals surface area contributed by atoms with Crippen LogP contribution in [0, 0.1) is 20.8 Å². The summed E-state index contributed by atoms with van der Waals surface area (Å²) in [6.07, 6.45) is 0. The van der Waals surface area contributed by atoms with E-state index in [1.807, 2.05) is 23.7 Å². The summed E-state index contributed by atoms with van der Waals surface area (Å²) in [4.78, 5) is 13.1. The minimum Gasteiger partial charge on any atom is -0.461 e. The molecule has 2 aliphatic heterocycles. The molecule has 1 spiro atoms. The van der Waals surface area contributed by atoms with E-state index < -0.39 is 8.95 Å². The first-order chi connectivity index (χ1) is 18.9. The third-order valence-electron chi connectivity index (χ3n) is 7.42. The lowest BCUT2D eigenvalue weighted by Crippen LogP contribution is -2.34. The summed E-state index contributed by atoms with van der Waals surface area (Å²) >= 11 is 3.33. The van der Waals surface area contributed by atoms with E-state index in [0.717, 1.165) is 11.3 Å². The monoisotopic (exact) mass is 550 g/mol. The van der Waals surface area contributed by atoms with Crippen molar-refractivity contribution in [2.24, 2.45) is 5.10 Å². The number of esters is 1. The number of aryl methyl sites for hydroxylation is 3. The van der Waals surface area contributed by atoms with Gasteiger partial charge in [-0.1, -0.05) is 114 Å². The maximum Gasteiger partial charge on any atom is 0.365 e. The van der Waals surface area contributed by atoms with Crippen LogP contribution in [-0.2, 0) is 18.5 Å². The number of carbonyl (C=O) groups excluding carboxylic acids is 1. The number of ether oxygens (including phenoxy) is 1. The Morgan fingerprint density at radius 3 is 1.87 bits per heavy atom.